The van der Waals surface area contributed by atoms with Gasteiger partial charge in [-0.3, -0.25) is 9.59 Å². The first-order chi connectivity index (χ1) is 12.3. The van der Waals surface area contributed by atoms with E-state index in [1.54, 1.807) is 19.9 Å². The van der Waals surface area contributed by atoms with E-state index in [0.717, 1.165) is 16.7 Å². The summed E-state index contributed by atoms with van der Waals surface area (Å²) in [5.74, 6) is -0.709. The molecule has 1 rings (SSSR count). The zero-order valence-corrected chi connectivity index (χ0v) is 15.7. The smallest absolute Gasteiger partial charge is 0.402 e. The topological polar surface area (TPSA) is 99.1 Å². The molecule has 0 aliphatic heterocycles. The molecule has 0 spiro atoms. The predicted molar refractivity (Wildman–Crippen MR) is 99.9 cm³/mol. The molecule has 0 heterocycles. The van der Waals surface area contributed by atoms with Crippen LogP contribution in [-0.4, -0.2) is 53.4 Å². The van der Waals surface area contributed by atoms with Gasteiger partial charge in [0.05, 0.1) is 6.54 Å². The monoisotopic (exact) mass is 362 g/mol. The van der Waals surface area contributed by atoms with E-state index in [1.165, 1.54) is 11.0 Å². The lowest BCUT2D eigenvalue weighted by atomic mass is 10.0. The van der Waals surface area contributed by atoms with E-state index in [-0.39, 0.29) is 18.9 Å². The van der Waals surface area contributed by atoms with Crippen molar-refractivity contribution in [2.45, 2.75) is 40.3 Å². The normalized spacial score (nSPS) is 12.1. The zero-order chi connectivity index (χ0) is 19.7. The molecule has 0 unspecified atom stereocenters. The molecule has 26 heavy (non-hydrogen) atoms. The lowest BCUT2D eigenvalue weighted by Crippen LogP contribution is -2.47. The predicted octanol–water partition coefficient (Wildman–Crippen LogP) is 0.699. The number of aryl methyl sites for hydroxylation is 2. The van der Waals surface area contributed by atoms with Crippen molar-refractivity contribution < 1.29 is 24.3 Å². The zero-order valence-electron chi connectivity index (χ0n) is 15.7. The molecule has 0 saturated heterocycles. The minimum Gasteiger partial charge on any atom is -0.402 e. The first-order valence-corrected chi connectivity index (χ1v) is 8.55. The van der Waals surface area contributed by atoms with Crippen LogP contribution in [0.1, 0.15) is 30.5 Å². The number of carbonyl (C=O) groups excluding carboxylic acids is 2. The first kappa shape index (κ1) is 21.9. The molecule has 0 aliphatic carbocycles. The number of allylic oxidation sites excluding steroid dienone is 1. The molecule has 1 aromatic carbocycles. The highest BCUT2D eigenvalue weighted by Crippen LogP contribution is 2.13. The van der Waals surface area contributed by atoms with Crippen molar-refractivity contribution in [1.82, 2.24) is 10.2 Å². The van der Waals surface area contributed by atoms with E-state index in [0.29, 0.717) is 6.54 Å². The molecule has 7 nitrogen and oxygen atoms in total. The van der Waals surface area contributed by atoms with Crippen molar-refractivity contribution >= 4 is 19.1 Å². The van der Waals surface area contributed by atoms with Crippen LogP contribution in [0, 0.1) is 13.8 Å². The molecule has 142 valence electrons. The summed E-state index contributed by atoms with van der Waals surface area (Å²) < 4.78 is 5.00. The molecule has 8 heteroatoms. The molecule has 1 atom stereocenters. The van der Waals surface area contributed by atoms with Crippen molar-refractivity contribution in [3.8, 4) is 0 Å². The maximum absolute atomic E-state index is 12.3. The second-order valence-corrected chi connectivity index (χ2v) is 6.01. The number of amides is 2. The van der Waals surface area contributed by atoms with Gasteiger partial charge in [-0.2, -0.15) is 0 Å². The second-order valence-electron chi connectivity index (χ2n) is 6.01. The number of hydrogen-bond acceptors (Lipinski definition) is 5. The summed E-state index contributed by atoms with van der Waals surface area (Å²) in [7, 11) is -2.02. The molecule has 0 aromatic heterocycles. The highest BCUT2D eigenvalue weighted by Gasteiger charge is 2.22. The Hall–Kier alpha value is -2.16. The van der Waals surface area contributed by atoms with E-state index in [2.05, 4.69) is 5.32 Å². The van der Waals surface area contributed by atoms with E-state index >= 15 is 0 Å². The van der Waals surface area contributed by atoms with E-state index in [4.69, 9.17) is 14.7 Å². The third-order valence-corrected chi connectivity index (χ3v) is 3.85. The van der Waals surface area contributed by atoms with Gasteiger partial charge < -0.3 is 24.9 Å². The van der Waals surface area contributed by atoms with Crippen LogP contribution in [-0.2, 0) is 20.7 Å². The minimum absolute atomic E-state index is 0.145. The highest BCUT2D eigenvalue weighted by atomic mass is 16.6. The number of likely N-dealkylation sites (N-methyl/N-ethyl adjacent to an activating group) is 1. The molecule has 0 aliphatic rings. The summed E-state index contributed by atoms with van der Waals surface area (Å²) in [6, 6.07) is 5.84. The molecule has 0 saturated carbocycles. The van der Waals surface area contributed by atoms with Gasteiger partial charge in [0.15, 0.2) is 0 Å². The van der Waals surface area contributed by atoms with Gasteiger partial charge in [0.1, 0.15) is 6.23 Å². The van der Waals surface area contributed by atoms with Crippen molar-refractivity contribution in [2.24, 2.45) is 0 Å². The maximum Gasteiger partial charge on any atom is 0.635 e. The molecule has 2 amide bonds. The van der Waals surface area contributed by atoms with E-state index in [9.17, 15) is 9.59 Å². The Morgan fingerprint density at radius 2 is 2.04 bits per heavy atom. The maximum atomic E-state index is 12.3. The van der Waals surface area contributed by atoms with Crippen molar-refractivity contribution in [1.29, 1.82) is 0 Å². The van der Waals surface area contributed by atoms with Crippen LogP contribution in [0.5, 0.6) is 0 Å². The minimum atomic E-state index is -2.02. The summed E-state index contributed by atoms with van der Waals surface area (Å²) in [6.07, 6.45) is 2.33. The Morgan fingerprint density at radius 3 is 2.58 bits per heavy atom. The average Bonchev–Trinajstić information content (AvgIpc) is 2.54. The van der Waals surface area contributed by atoms with Crippen LogP contribution in [0.4, 0.5) is 0 Å². The third-order valence-electron chi connectivity index (χ3n) is 3.85. The highest BCUT2D eigenvalue weighted by molar-refractivity contribution is 6.32. The van der Waals surface area contributed by atoms with Gasteiger partial charge in [-0.15, -0.1) is 0 Å². The fourth-order valence-electron chi connectivity index (χ4n) is 2.55. The number of nitrogens with zero attached hydrogens (tertiary/aromatic N) is 1. The number of hydrogen-bond donors (Lipinski definition) is 3. The molecule has 0 radical (unpaired) electrons. The van der Waals surface area contributed by atoms with Crippen LogP contribution in [0.3, 0.4) is 0 Å². The number of nitrogens with one attached hydrogen (secondary N) is 1. The molecular weight excluding hydrogens is 335 g/mol. The number of rotatable bonds is 9. The largest absolute Gasteiger partial charge is 0.635 e. The van der Waals surface area contributed by atoms with Gasteiger partial charge in [0.25, 0.3) is 0 Å². The van der Waals surface area contributed by atoms with Gasteiger partial charge >= 0.3 is 7.32 Å². The lowest BCUT2D eigenvalue weighted by molar-refractivity contribution is -0.133. The Balaban J connectivity index is 2.79. The van der Waals surface area contributed by atoms with Gasteiger partial charge in [-0.1, -0.05) is 29.8 Å². The van der Waals surface area contributed by atoms with Gasteiger partial charge in [-0.05, 0) is 44.9 Å². The number of benzene rings is 1. The molecular formula is C18H27BN2O5. The fourth-order valence-corrected chi connectivity index (χ4v) is 2.55. The van der Waals surface area contributed by atoms with Crippen LogP contribution < -0.4 is 5.32 Å². The van der Waals surface area contributed by atoms with Crippen molar-refractivity contribution in [3.63, 3.8) is 0 Å². The molecule has 1 aromatic rings. The molecule has 0 bridgehead atoms. The standard InChI is InChI=1S/C18H27BN2O5/c1-5-7-18(23)21(6-2)12-16(22)20-17(26-19(24)25)11-15-9-8-13(3)10-14(15)4/h5,7-10,17,24-25H,6,11-12H2,1-4H3,(H,20,22)/b7-5-/t17-/m1/s1. The van der Waals surface area contributed by atoms with Gasteiger partial charge in [0, 0.05) is 13.0 Å². The van der Waals surface area contributed by atoms with E-state index in [1.807, 2.05) is 32.0 Å². The first-order valence-electron chi connectivity index (χ1n) is 8.55. The molecule has 0 fully saturated rings. The van der Waals surface area contributed by atoms with Gasteiger partial charge in [0.2, 0.25) is 11.8 Å². The summed E-state index contributed by atoms with van der Waals surface area (Å²) in [4.78, 5) is 25.5. The fraction of sp³-hybridized carbons (Fsp3) is 0.444. The quantitative estimate of drug-likeness (QED) is 0.341. The Bertz CT molecular complexity index is 648. The Kier molecular flexibility index (Phi) is 9.05. The third kappa shape index (κ3) is 7.39. The van der Waals surface area contributed by atoms with Crippen LogP contribution >= 0.6 is 0 Å². The van der Waals surface area contributed by atoms with Crippen LogP contribution in [0.2, 0.25) is 0 Å². The Labute approximate surface area is 154 Å². The van der Waals surface area contributed by atoms with Crippen molar-refractivity contribution in [3.05, 3.63) is 47.0 Å². The summed E-state index contributed by atoms with van der Waals surface area (Å²) >= 11 is 0. The second kappa shape index (κ2) is 10.8. The SMILES string of the molecule is C/C=C\C(=O)N(CC)CC(=O)N[C@@H](Cc1ccc(C)cc1C)OB(O)O. The summed E-state index contributed by atoms with van der Waals surface area (Å²) in [6.45, 7) is 7.64. The lowest BCUT2D eigenvalue weighted by Gasteiger charge is -2.23. The van der Waals surface area contributed by atoms with Gasteiger partial charge in [-0.25, -0.2) is 0 Å². The Morgan fingerprint density at radius 1 is 1.35 bits per heavy atom. The summed E-state index contributed by atoms with van der Waals surface area (Å²) in [5, 5.41) is 20.8. The molecule has 3 N–H and O–H groups in total. The van der Waals surface area contributed by atoms with Crippen molar-refractivity contribution in [2.75, 3.05) is 13.1 Å². The van der Waals surface area contributed by atoms with E-state index < -0.39 is 19.5 Å². The van der Waals surface area contributed by atoms with Crippen LogP contribution in [0.25, 0.3) is 0 Å². The summed E-state index contributed by atoms with van der Waals surface area (Å²) in [5.41, 5.74) is 3.04. The average molecular weight is 362 g/mol. The van der Waals surface area contributed by atoms with Crippen LogP contribution in [0.15, 0.2) is 30.4 Å². The number of carbonyl (C=O) groups is 2.